The molecule has 1 atom stereocenters. The number of likely N-dealkylation sites (N-methyl/N-ethyl adjacent to an activating group) is 1. The largest absolute Gasteiger partial charge is 0.459 e. The predicted molar refractivity (Wildman–Crippen MR) is 99.8 cm³/mol. The van der Waals surface area contributed by atoms with Gasteiger partial charge in [-0.1, -0.05) is 18.2 Å². The van der Waals surface area contributed by atoms with Crippen molar-refractivity contribution in [3.8, 4) is 0 Å². The summed E-state index contributed by atoms with van der Waals surface area (Å²) >= 11 is 4.47. The van der Waals surface area contributed by atoms with Crippen LogP contribution in [0.5, 0.6) is 0 Å². The molecule has 0 aliphatic carbocycles. The van der Waals surface area contributed by atoms with Gasteiger partial charge in [0.1, 0.15) is 15.6 Å². The molecule has 3 aromatic rings. The number of hydrogen-bond acceptors (Lipinski definition) is 5. The second kappa shape index (κ2) is 6.97. The Kier molecular flexibility index (Phi) is 5.12. The highest BCUT2D eigenvalue weighted by Gasteiger charge is 2.23. The first-order valence-corrected chi connectivity index (χ1v) is 10.4. The summed E-state index contributed by atoms with van der Waals surface area (Å²) in [5.74, 6) is 0.733. The van der Waals surface area contributed by atoms with Crippen molar-refractivity contribution in [2.75, 3.05) is 20.6 Å². The summed E-state index contributed by atoms with van der Waals surface area (Å²) in [5.41, 5.74) is 0.796. The van der Waals surface area contributed by atoms with Crippen LogP contribution in [-0.4, -0.2) is 34.0 Å². The van der Waals surface area contributed by atoms with Crippen LogP contribution in [0.25, 0.3) is 11.0 Å². The first-order chi connectivity index (χ1) is 11.4. The van der Waals surface area contributed by atoms with Crippen molar-refractivity contribution >= 4 is 48.3 Å². The molecule has 128 valence electrons. The molecule has 8 heteroatoms. The van der Waals surface area contributed by atoms with Gasteiger partial charge in [-0.05, 0) is 54.3 Å². The molecule has 0 saturated heterocycles. The Hall–Kier alpha value is -1.19. The molecule has 1 aromatic carbocycles. The van der Waals surface area contributed by atoms with Gasteiger partial charge in [0.25, 0.3) is 0 Å². The van der Waals surface area contributed by atoms with Crippen LogP contribution in [-0.2, 0) is 10.0 Å². The van der Waals surface area contributed by atoms with Gasteiger partial charge in [-0.2, -0.15) is 0 Å². The molecule has 0 aliphatic rings. The Balaban J connectivity index is 1.82. The van der Waals surface area contributed by atoms with E-state index < -0.39 is 10.0 Å². The lowest BCUT2D eigenvalue weighted by Crippen LogP contribution is -2.34. The van der Waals surface area contributed by atoms with E-state index in [9.17, 15) is 8.42 Å². The molecule has 1 unspecified atom stereocenters. The Bertz CT molecular complexity index is 914. The van der Waals surface area contributed by atoms with Crippen LogP contribution in [0.4, 0.5) is 0 Å². The first kappa shape index (κ1) is 17.6. The maximum atomic E-state index is 12.4. The molecule has 0 fully saturated rings. The molecule has 0 spiro atoms. The van der Waals surface area contributed by atoms with E-state index in [1.165, 1.54) is 11.3 Å². The van der Waals surface area contributed by atoms with Crippen LogP contribution in [0.15, 0.2) is 54.9 Å². The molecule has 0 bridgehead atoms. The average Bonchev–Trinajstić information content (AvgIpc) is 3.13. The van der Waals surface area contributed by atoms with Gasteiger partial charge in [-0.25, -0.2) is 13.1 Å². The predicted octanol–water partition coefficient (Wildman–Crippen LogP) is 3.84. The Morgan fingerprint density at radius 1 is 1.25 bits per heavy atom. The van der Waals surface area contributed by atoms with Gasteiger partial charge in [-0.3, -0.25) is 4.90 Å². The number of para-hydroxylation sites is 1. The van der Waals surface area contributed by atoms with Crippen molar-refractivity contribution in [2.45, 2.75) is 10.3 Å². The number of furan rings is 1. The summed E-state index contributed by atoms with van der Waals surface area (Å²) in [6.07, 6.45) is 0. The summed E-state index contributed by atoms with van der Waals surface area (Å²) in [7, 11) is 0.258. The number of sulfonamides is 1. The minimum absolute atomic E-state index is 0.199. The molecule has 5 nitrogen and oxygen atoms in total. The molecule has 0 amide bonds. The van der Waals surface area contributed by atoms with Gasteiger partial charge in [-0.15, -0.1) is 11.3 Å². The molecule has 0 radical (unpaired) electrons. The van der Waals surface area contributed by atoms with Gasteiger partial charge in [0.2, 0.25) is 10.0 Å². The molecule has 2 heterocycles. The monoisotopic (exact) mass is 428 g/mol. The molecule has 0 aliphatic heterocycles. The van der Waals surface area contributed by atoms with Crippen LogP contribution < -0.4 is 4.72 Å². The van der Waals surface area contributed by atoms with Crippen LogP contribution in [0, 0.1) is 0 Å². The van der Waals surface area contributed by atoms with Gasteiger partial charge < -0.3 is 4.42 Å². The number of hydrogen-bond donors (Lipinski definition) is 1. The van der Waals surface area contributed by atoms with Gasteiger partial charge in [0.15, 0.2) is 0 Å². The Morgan fingerprint density at radius 2 is 2.00 bits per heavy atom. The SMILES string of the molecule is CN(C)C(CNS(=O)(=O)c1ccc(Br)s1)c1cc2ccccc2o1. The second-order valence-electron chi connectivity index (χ2n) is 5.58. The van der Waals surface area contributed by atoms with Crippen LogP contribution in [0.3, 0.4) is 0 Å². The third-order valence-corrected chi connectivity index (χ3v) is 7.22. The van der Waals surface area contributed by atoms with Crippen molar-refractivity contribution < 1.29 is 12.8 Å². The van der Waals surface area contributed by atoms with E-state index in [0.29, 0.717) is 0 Å². The number of rotatable bonds is 6. The Morgan fingerprint density at radius 3 is 2.62 bits per heavy atom. The summed E-state index contributed by atoms with van der Waals surface area (Å²) < 4.78 is 34.4. The van der Waals surface area contributed by atoms with E-state index in [1.807, 2.05) is 49.3 Å². The fourth-order valence-electron chi connectivity index (χ4n) is 2.41. The van der Waals surface area contributed by atoms with E-state index in [2.05, 4.69) is 20.7 Å². The highest BCUT2D eigenvalue weighted by molar-refractivity contribution is 9.11. The third-order valence-electron chi connectivity index (χ3n) is 3.68. The fraction of sp³-hybridized carbons (Fsp3) is 0.250. The minimum atomic E-state index is -3.54. The molecular weight excluding hydrogens is 412 g/mol. The molecule has 1 N–H and O–H groups in total. The minimum Gasteiger partial charge on any atom is -0.459 e. The second-order valence-corrected chi connectivity index (χ2v) is 10.0. The summed E-state index contributed by atoms with van der Waals surface area (Å²) in [4.78, 5) is 1.94. The number of halogens is 1. The maximum absolute atomic E-state index is 12.4. The first-order valence-electron chi connectivity index (χ1n) is 7.27. The lowest BCUT2D eigenvalue weighted by Gasteiger charge is -2.22. The molecule has 3 rings (SSSR count). The summed E-state index contributed by atoms with van der Waals surface area (Å²) in [6.45, 7) is 0.227. The zero-order valence-corrected chi connectivity index (χ0v) is 16.4. The topological polar surface area (TPSA) is 62.6 Å². The van der Waals surface area contributed by atoms with Crippen molar-refractivity contribution in [1.82, 2.24) is 9.62 Å². The lowest BCUT2D eigenvalue weighted by molar-refractivity contribution is 0.264. The van der Waals surface area contributed by atoms with E-state index in [-0.39, 0.29) is 16.8 Å². The van der Waals surface area contributed by atoms with E-state index >= 15 is 0 Å². The number of nitrogens with zero attached hydrogens (tertiary/aromatic N) is 1. The Labute approximate surface area is 153 Å². The average molecular weight is 429 g/mol. The lowest BCUT2D eigenvalue weighted by atomic mass is 10.2. The van der Waals surface area contributed by atoms with E-state index in [1.54, 1.807) is 12.1 Å². The van der Waals surface area contributed by atoms with Crippen LogP contribution in [0.2, 0.25) is 0 Å². The number of fused-ring (bicyclic) bond motifs is 1. The van der Waals surface area contributed by atoms with Crippen LogP contribution >= 0.6 is 27.3 Å². The van der Waals surface area contributed by atoms with Crippen molar-refractivity contribution in [3.05, 3.63) is 52.0 Å². The van der Waals surface area contributed by atoms with Gasteiger partial charge >= 0.3 is 0 Å². The molecule has 2 aromatic heterocycles. The number of benzene rings is 1. The number of nitrogens with one attached hydrogen (secondary N) is 1. The highest BCUT2D eigenvalue weighted by Crippen LogP contribution is 2.28. The number of thiophene rings is 1. The maximum Gasteiger partial charge on any atom is 0.250 e. The van der Waals surface area contributed by atoms with Crippen molar-refractivity contribution in [2.24, 2.45) is 0 Å². The zero-order valence-electron chi connectivity index (χ0n) is 13.2. The van der Waals surface area contributed by atoms with Gasteiger partial charge in [0.05, 0.1) is 9.83 Å². The third kappa shape index (κ3) is 3.73. The summed E-state index contributed by atoms with van der Waals surface area (Å²) in [6, 6.07) is 12.8. The molecule has 0 saturated carbocycles. The summed E-state index contributed by atoms with van der Waals surface area (Å²) in [5, 5.41) is 1.00. The fourth-order valence-corrected chi connectivity index (χ4v) is 5.50. The highest BCUT2D eigenvalue weighted by atomic mass is 79.9. The van der Waals surface area contributed by atoms with Crippen molar-refractivity contribution in [3.63, 3.8) is 0 Å². The van der Waals surface area contributed by atoms with Crippen LogP contribution in [0.1, 0.15) is 11.8 Å². The quantitative estimate of drug-likeness (QED) is 0.647. The van der Waals surface area contributed by atoms with E-state index in [4.69, 9.17) is 4.42 Å². The zero-order chi connectivity index (χ0) is 17.3. The van der Waals surface area contributed by atoms with Gasteiger partial charge in [0, 0.05) is 11.9 Å². The normalized spacial score (nSPS) is 13.7. The molecule has 24 heavy (non-hydrogen) atoms. The smallest absolute Gasteiger partial charge is 0.250 e. The van der Waals surface area contributed by atoms with E-state index in [0.717, 1.165) is 20.5 Å². The molecular formula is C16H17BrN2O3S2. The van der Waals surface area contributed by atoms with Crippen molar-refractivity contribution in [1.29, 1.82) is 0 Å². The standard InChI is InChI=1S/C16H17BrN2O3S2/c1-19(2)12(14-9-11-5-3-4-6-13(11)22-14)10-18-24(20,21)16-8-7-15(17)23-16/h3-9,12,18H,10H2,1-2H3.